The van der Waals surface area contributed by atoms with Gasteiger partial charge in [0.25, 0.3) is 0 Å². The molecule has 6 heteroatoms. The number of unbranched alkanes of at least 4 members (excludes halogenated alkanes) is 22. The summed E-state index contributed by atoms with van der Waals surface area (Å²) >= 11 is 0. The molecule has 0 heterocycles. The molecule has 53 heavy (non-hydrogen) atoms. The van der Waals surface area contributed by atoms with Crippen molar-refractivity contribution in [2.24, 2.45) is 0 Å². The molecule has 3 atom stereocenters. The fraction of sp³-hybridized carbons (Fsp3) is 0.787. The lowest BCUT2D eigenvalue weighted by atomic mass is 10.0. The van der Waals surface area contributed by atoms with Crippen molar-refractivity contribution >= 4 is 11.9 Å². The number of ether oxygens (including phenoxy) is 1. The number of nitrogens with one attached hydrogen (secondary N) is 1. The first kappa shape index (κ1) is 50.8. The van der Waals surface area contributed by atoms with Crippen LogP contribution in [-0.4, -0.2) is 46.9 Å². The van der Waals surface area contributed by atoms with Gasteiger partial charge in [0.2, 0.25) is 5.91 Å². The SMILES string of the molecule is CC/C=C/C=C/C=C/C=C\CCCCCC(CC(=O)NC(CO)C(O)CCCCCCCCCCCCC)OC(=O)CCCCCCCCCCCC. The van der Waals surface area contributed by atoms with Gasteiger partial charge in [-0.25, -0.2) is 0 Å². The molecule has 3 N–H and O–H groups in total. The second-order valence-corrected chi connectivity index (χ2v) is 15.2. The van der Waals surface area contributed by atoms with Gasteiger partial charge < -0.3 is 20.3 Å². The highest BCUT2D eigenvalue weighted by molar-refractivity contribution is 5.77. The van der Waals surface area contributed by atoms with E-state index in [-0.39, 0.29) is 24.9 Å². The van der Waals surface area contributed by atoms with Gasteiger partial charge in [0, 0.05) is 6.42 Å². The quantitative estimate of drug-likeness (QED) is 0.0331. The third-order valence-corrected chi connectivity index (χ3v) is 10.0. The molecule has 0 spiro atoms. The summed E-state index contributed by atoms with van der Waals surface area (Å²) in [6.07, 6.45) is 47.4. The summed E-state index contributed by atoms with van der Waals surface area (Å²) in [6, 6.07) is -0.710. The number of aliphatic hydroxyl groups excluding tert-OH is 2. The minimum atomic E-state index is -0.795. The molecule has 0 aliphatic carbocycles. The number of carbonyl (C=O) groups is 2. The molecule has 1 amide bonds. The van der Waals surface area contributed by atoms with Crippen molar-refractivity contribution in [2.45, 2.75) is 232 Å². The number of esters is 1. The van der Waals surface area contributed by atoms with Crippen LogP contribution in [0.1, 0.15) is 213 Å². The Hall–Kier alpha value is -2.18. The highest BCUT2D eigenvalue weighted by Gasteiger charge is 2.24. The maximum absolute atomic E-state index is 13.1. The van der Waals surface area contributed by atoms with Crippen LogP contribution in [0.2, 0.25) is 0 Å². The highest BCUT2D eigenvalue weighted by Crippen LogP contribution is 2.17. The molecule has 0 aromatic rings. The van der Waals surface area contributed by atoms with Crippen molar-refractivity contribution in [3.8, 4) is 0 Å². The lowest BCUT2D eigenvalue weighted by Gasteiger charge is -2.24. The van der Waals surface area contributed by atoms with Crippen molar-refractivity contribution in [1.82, 2.24) is 5.32 Å². The van der Waals surface area contributed by atoms with E-state index in [4.69, 9.17) is 4.74 Å². The number of hydrogen-bond donors (Lipinski definition) is 3. The number of amides is 1. The minimum absolute atomic E-state index is 0.0527. The fourth-order valence-electron chi connectivity index (χ4n) is 6.62. The first-order valence-electron chi connectivity index (χ1n) is 22.4. The number of carbonyl (C=O) groups excluding carboxylic acids is 2. The monoisotopic (exact) mass is 744 g/mol. The van der Waals surface area contributed by atoms with Gasteiger partial charge in [-0.2, -0.15) is 0 Å². The van der Waals surface area contributed by atoms with Crippen LogP contribution in [0, 0.1) is 0 Å². The van der Waals surface area contributed by atoms with Crippen LogP contribution in [0.4, 0.5) is 0 Å². The van der Waals surface area contributed by atoms with E-state index in [1.807, 2.05) is 24.3 Å². The Bertz CT molecular complexity index is 926. The lowest BCUT2D eigenvalue weighted by molar-refractivity contribution is -0.151. The Morgan fingerprint density at radius 1 is 0.566 bits per heavy atom. The predicted octanol–water partition coefficient (Wildman–Crippen LogP) is 12.7. The van der Waals surface area contributed by atoms with E-state index in [9.17, 15) is 19.8 Å². The molecule has 0 aromatic heterocycles. The molecule has 6 nitrogen and oxygen atoms in total. The standard InChI is InChI=1S/C47H85NO5/c1-4-7-10-13-16-19-22-23-25-26-29-32-35-38-43(53-47(52)40-37-34-31-28-21-18-15-12-9-6-3)41-46(51)48-44(42-49)45(50)39-36-33-30-27-24-20-17-14-11-8-5-2/h7,10,13,16,19,22-23,25,43-45,49-50H,4-6,8-9,11-12,14-15,17-18,20-21,24,26-42H2,1-3H3,(H,48,51)/b10-7+,16-13+,22-19+,25-23-. The fourth-order valence-corrected chi connectivity index (χ4v) is 6.62. The van der Waals surface area contributed by atoms with Crippen LogP contribution < -0.4 is 5.32 Å². The molecule has 0 bridgehead atoms. The van der Waals surface area contributed by atoms with Crippen molar-refractivity contribution in [1.29, 1.82) is 0 Å². The number of hydrogen-bond acceptors (Lipinski definition) is 5. The van der Waals surface area contributed by atoms with E-state index in [0.29, 0.717) is 19.3 Å². The molecule has 0 aromatic carbocycles. The average molecular weight is 744 g/mol. The zero-order valence-corrected chi connectivity index (χ0v) is 34.9. The van der Waals surface area contributed by atoms with Gasteiger partial charge in [0.15, 0.2) is 0 Å². The molecule has 0 rings (SSSR count). The Balaban J connectivity index is 4.67. The van der Waals surface area contributed by atoms with E-state index in [1.54, 1.807) is 0 Å². The normalized spacial score (nSPS) is 13.8. The summed E-state index contributed by atoms with van der Waals surface area (Å²) in [5.41, 5.74) is 0. The first-order valence-corrected chi connectivity index (χ1v) is 22.4. The maximum atomic E-state index is 13.1. The smallest absolute Gasteiger partial charge is 0.306 e. The number of rotatable bonds is 39. The van der Waals surface area contributed by atoms with Gasteiger partial charge in [-0.3, -0.25) is 9.59 Å². The van der Waals surface area contributed by atoms with Crippen LogP contribution in [0.3, 0.4) is 0 Å². The van der Waals surface area contributed by atoms with E-state index in [1.165, 1.54) is 96.3 Å². The van der Waals surface area contributed by atoms with E-state index in [2.05, 4.69) is 50.4 Å². The molecule has 0 saturated heterocycles. The zero-order chi connectivity index (χ0) is 38.9. The molecular formula is C47H85NO5. The van der Waals surface area contributed by atoms with E-state index < -0.39 is 18.2 Å². The summed E-state index contributed by atoms with van der Waals surface area (Å²) in [6.45, 7) is 6.30. The number of aliphatic hydroxyl groups is 2. The Morgan fingerprint density at radius 3 is 1.55 bits per heavy atom. The summed E-state index contributed by atoms with van der Waals surface area (Å²) < 4.78 is 5.87. The van der Waals surface area contributed by atoms with Crippen LogP contribution >= 0.6 is 0 Å². The average Bonchev–Trinajstić information content (AvgIpc) is 3.15. The largest absolute Gasteiger partial charge is 0.462 e. The lowest BCUT2D eigenvalue weighted by Crippen LogP contribution is -2.46. The van der Waals surface area contributed by atoms with Gasteiger partial charge >= 0.3 is 5.97 Å². The first-order chi connectivity index (χ1) is 26.0. The summed E-state index contributed by atoms with van der Waals surface area (Å²) in [5, 5.41) is 23.6. The van der Waals surface area contributed by atoms with Gasteiger partial charge in [-0.1, -0.05) is 204 Å². The van der Waals surface area contributed by atoms with Crippen LogP contribution in [0.25, 0.3) is 0 Å². The van der Waals surface area contributed by atoms with Crippen LogP contribution in [0.15, 0.2) is 48.6 Å². The molecular weight excluding hydrogens is 659 g/mol. The predicted molar refractivity (Wildman–Crippen MR) is 227 cm³/mol. The Labute approximate surface area is 327 Å². The molecule has 0 radical (unpaired) electrons. The van der Waals surface area contributed by atoms with Gasteiger partial charge in [-0.05, 0) is 44.9 Å². The third-order valence-electron chi connectivity index (χ3n) is 10.0. The van der Waals surface area contributed by atoms with Crippen molar-refractivity contribution in [3.05, 3.63) is 48.6 Å². The van der Waals surface area contributed by atoms with Gasteiger partial charge in [0.05, 0.1) is 25.2 Å². The third kappa shape index (κ3) is 36.6. The highest BCUT2D eigenvalue weighted by atomic mass is 16.5. The molecule has 0 fully saturated rings. The van der Waals surface area contributed by atoms with Crippen LogP contribution in [0.5, 0.6) is 0 Å². The Morgan fingerprint density at radius 2 is 1.02 bits per heavy atom. The molecule has 0 aliphatic rings. The maximum Gasteiger partial charge on any atom is 0.306 e. The molecule has 3 unspecified atom stereocenters. The van der Waals surface area contributed by atoms with Crippen molar-refractivity contribution in [3.63, 3.8) is 0 Å². The van der Waals surface area contributed by atoms with Gasteiger partial charge in [-0.15, -0.1) is 0 Å². The Kier molecular flexibility index (Phi) is 39.3. The van der Waals surface area contributed by atoms with Crippen molar-refractivity contribution in [2.75, 3.05) is 6.61 Å². The summed E-state index contributed by atoms with van der Waals surface area (Å²) in [7, 11) is 0. The van der Waals surface area contributed by atoms with Crippen LogP contribution in [-0.2, 0) is 14.3 Å². The molecule has 0 aliphatic heterocycles. The second-order valence-electron chi connectivity index (χ2n) is 15.2. The summed E-state index contributed by atoms with van der Waals surface area (Å²) in [4.78, 5) is 25.9. The second kappa shape index (κ2) is 41.0. The molecule has 308 valence electrons. The van der Waals surface area contributed by atoms with E-state index >= 15 is 0 Å². The van der Waals surface area contributed by atoms with Crippen molar-refractivity contribution < 1.29 is 24.5 Å². The summed E-state index contributed by atoms with van der Waals surface area (Å²) in [5.74, 6) is -0.515. The van der Waals surface area contributed by atoms with E-state index in [0.717, 1.165) is 70.6 Å². The minimum Gasteiger partial charge on any atom is -0.462 e. The topological polar surface area (TPSA) is 95.9 Å². The van der Waals surface area contributed by atoms with Gasteiger partial charge in [0.1, 0.15) is 6.10 Å². The molecule has 0 saturated carbocycles. The zero-order valence-electron chi connectivity index (χ0n) is 34.9. The number of allylic oxidation sites excluding steroid dienone is 8.